The van der Waals surface area contributed by atoms with Crippen LogP contribution in [0.1, 0.15) is 38.4 Å². The quantitative estimate of drug-likeness (QED) is 0.630. The molecule has 0 saturated carbocycles. The van der Waals surface area contributed by atoms with Crippen molar-refractivity contribution in [3.8, 4) is 0 Å². The summed E-state index contributed by atoms with van der Waals surface area (Å²) in [7, 11) is 0. The molecule has 1 atom stereocenters. The lowest BCUT2D eigenvalue weighted by Gasteiger charge is -2.35. The van der Waals surface area contributed by atoms with Crippen LogP contribution in [0, 0.1) is 11.3 Å². The average molecular weight is 378 g/mol. The first-order valence-electron chi connectivity index (χ1n) is 9.05. The number of carbonyl (C=O) groups is 2. The van der Waals surface area contributed by atoms with Crippen LogP contribution in [0.5, 0.6) is 0 Å². The summed E-state index contributed by atoms with van der Waals surface area (Å²) in [5, 5.41) is 1.81. The molecule has 1 N–H and O–H groups in total. The van der Waals surface area contributed by atoms with Gasteiger partial charge in [-0.25, -0.2) is 0 Å². The molecule has 0 fully saturated rings. The van der Waals surface area contributed by atoms with Crippen molar-refractivity contribution in [1.82, 2.24) is 4.98 Å². The predicted molar refractivity (Wildman–Crippen MR) is 100 cm³/mol. The molecule has 0 radical (unpaired) electrons. The van der Waals surface area contributed by atoms with Crippen molar-refractivity contribution >= 4 is 34.4 Å². The number of hydrogen-bond donors (Lipinski definition) is 1. The number of H-pyrrole nitrogens is 1. The lowest BCUT2D eigenvalue weighted by molar-refractivity contribution is -0.175. The molecule has 0 amide bonds. The van der Waals surface area contributed by atoms with E-state index in [4.69, 9.17) is 21.1 Å². The summed E-state index contributed by atoms with van der Waals surface area (Å²) in [6.07, 6.45) is 2.07. The van der Waals surface area contributed by atoms with E-state index in [1.807, 2.05) is 18.2 Å². The van der Waals surface area contributed by atoms with E-state index in [2.05, 4.69) is 4.98 Å². The summed E-state index contributed by atoms with van der Waals surface area (Å²) in [5.41, 5.74) is 1.99. The highest BCUT2D eigenvalue weighted by atomic mass is 35.5. The third-order valence-electron chi connectivity index (χ3n) is 5.37. The SMILES string of the molecule is CCOC(=O)C(C)(C(=O)OCC)[C@@H]1CCc2c([nH]c3ccc(Cl)cc23)C1. The fraction of sp³-hybridized carbons (Fsp3) is 0.500. The number of carbonyl (C=O) groups excluding carboxylic acids is 2. The van der Waals surface area contributed by atoms with Crippen LogP contribution >= 0.6 is 11.6 Å². The van der Waals surface area contributed by atoms with Gasteiger partial charge < -0.3 is 14.5 Å². The van der Waals surface area contributed by atoms with Crippen molar-refractivity contribution in [2.24, 2.45) is 11.3 Å². The number of halogens is 1. The number of fused-ring (bicyclic) bond motifs is 3. The van der Waals surface area contributed by atoms with Crippen LogP contribution in [0.15, 0.2) is 18.2 Å². The Morgan fingerprint density at radius 2 is 1.88 bits per heavy atom. The highest BCUT2D eigenvalue weighted by molar-refractivity contribution is 6.31. The van der Waals surface area contributed by atoms with Gasteiger partial charge >= 0.3 is 11.9 Å². The van der Waals surface area contributed by atoms with Crippen molar-refractivity contribution < 1.29 is 19.1 Å². The number of aromatic nitrogens is 1. The minimum atomic E-state index is -1.31. The van der Waals surface area contributed by atoms with Crippen LogP contribution in [0.2, 0.25) is 5.02 Å². The summed E-state index contributed by atoms with van der Waals surface area (Å²) in [5.74, 6) is -1.20. The second kappa shape index (κ2) is 7.31. The van der Waals surface area contributed by atoms with Crippen molar-refractivity contribution in [3.05, 3.63) is 34.5 Å². The van der Waals surface area contributed by atoms with Gasteiger partial charge in [0.15, 0.2) is 5.41 Å². The van der Waals surface area contributed by atoms with E-state index in [0.29, 0.717) is 17.9 Å². The topological polar surface area (TPSA) is 68.4 Å². The third kappa shape index (κ3) is 3.09. The summed E-state index contributed by atoms with van der Waals surface area (Å²) in [6, 6.07) is 5.77. The molecule has 26 heavy (non-hydrogen) atoms. The molecular formula is C20H24ClNO4. The maximum absolute atomic E-state index is 12.7. The predicted octanol–water partition coefficient (Wildman–Crippen LogP) is 4.06. The third-order valence-corrected chi connectivity index (χ3v) is 5.60. The standard InChI is InChI=1S/C20H24ClNO4/c1-4-25-18(23)20(3,19(24)26-5-2)12-6-8-14-15-11-13(21)7-9-16(15)22-17(14)10-12/h7,9,11-12,22H,4-6,8,10H2,1-3H3/t12-/m1/s1. The molecule has 1 heterocycles. The molecule has 0 unspecified atom stereocenters. The largest absolute Gasteiger partial charge is 0.465 e. The number of rotatable bonds is 5. The van der Waals surface area contributed by atoms with Crippen molar-refractivity contribution in [2.45, 2.75) is 40.0 Å². The van der Waals surface area contributed by atoms with Crippen molar-refractivity contribution in [3.63, 3.8) is 0 Å². The Hall–Kier alpha value is -2.01. The Balaban J connectivity index is 1.96. The van der Waals surface area contributed by atoms with Gasteiger partial charge in [-0.15, -0.1) is 0 Å². The molecule has 0 saturated heterocycles. The molecule has 3 rings (SSSR count). The maximum atomic E-state index is 12.7. The van der Waals surface area contributed by atoms with Gasteiger partial charge in [0.25, 0.3) is 0 Å². The Morgan fingerprint density at radius 3 is 2.50 bits per heavy atom. The average Bonchev–Trinajstić information content (AvgIpc) is 2.98. The fourth-order valence-corrected chi connectivity index (χ4v) is 4.05. The number of ether oxygens (including phenoxy) is 2. The number of aryl methyl sites for hydroxylation is 1. The van der Waals surface area contributed by atoms with Crippen LogP contribution in [-0.4, -0.2) is 30.1 Å². The Morgan fingerprint density at radius 1 is 1.23 bits per heavy atom. The van der Waals surface area contributed by atoms with E-state index in [9.17, 15) is 9.59 Å². The summed E-state index contributed by atoms with van der Waals surface area (Å²) in [4.78, 5) is 28.7. The second-order valence-electron chi connectivity index (χ2n) is 6.86. The van der Waals surface area contributed by atoms with Crippen LogP contribution < -0.4 is 0 Å². The van der Waals surface area contributed by atoms with Gasteiger partial charge in [0.05, 0.1) is 13.2 Å². The van der Waals surface area contributed by atoms with Crippen molar-refractivity contribution in [2.75, 3.05) is 13.2 Å². The van der Waals surface area contributed by atoms with E-state index >= 15 is 0 Å². The van der Waals surface area contributed by atoms with Gasteiger partial charge in [0, 0.05) is 21.6 Å². The first kappa shape index (κ1) is 18.8. The van der Waals surface area contributed by atoms with Crippen LogP contribution in [-0.2, 0) is 31.9 Å². The van der Waals surface area contributed by atoms with Gasteiger partial charge in [-0.2, -0.15) is 0 Å². The molecule has 1 aromatic heterocycles. The van der Waals surface area contributed by atoms with E-state index in [0.717, 1.165) is 23.0 Å². The molecule has 0 bridgehead atoms. The van der Waals surface area contributed by atoms with Gasteiger partial charge in [0.1, 0.15) is 0 Å². The zero-order chi connectivity index (χ0) is 18.9. The highest BCUT2D eigenvalue weighted by Crippen LogP contribution is 2.42. The van der Waals surface area contributed by atoms with E-state index in [1.54, 1.807) is 20.8 Å². The summed E-state index contributed by atoms with van der Waals surface area (Å²) < 4.78 is 10.4. The van der Waals surface area contributed by atoms with Gasteiger partial charge in [-0.05, 0) is 69.7 Å². The molecule has 6 heteroatoms. The molecule has 2 aromatic rings. The molecule has 1 aliphatic carbocycles. The van der Waals surface area contributed by atoms with Gasteiger partial charge in [-0.3, -0.25) is 9.59 Å². The summed E-state index contributed by atoms with van der Waals surface area (Å²) in [6.45, 7) is 5.60. The lowest BCUT2D eigenvalue weighted by Crippen LogP contribution is -2.47. The number of esters is 2. The fourth-order valence-electron chi connectivity index (χ4n) is 3.87. The van der Waals surface area contributed by atoms with Crippen LogP contribution in [0.4, 0.5) is 0 Å². The number of aromatic amines is 1. The molecule has 0 aliphatic heterocycles. The second-order valence-corrected chi connectivity index (χ2v) is 7.29. The minimum absolute atomic E-state index is 0.184. The smallest absolute Gasteiger partial charge is 0.323 e. The molecular weight excluding hydrogens is 354 g/mol. The minimum Gasteiger partial charge on any atom is -0.465 e. The molecule has 5 nitrogen and oxygen atoms in total. The molecule has 1 aromatic carbocycles. The monoisotopic (exact) mass is 377 g/mol. The highest BCUT2D eigenvalue weighted by Gasteiger charge is 2.51. The van der Waals surface area contributed by atoms with E-state index in [1.165, 1.54) is 5.56 Å². The number of nitrogens with one attached hydrogen (secondary N) is 1. The Labute approximate surface area is 158 Å². The van der Waals surface area contributed by atoms with Crippen LogP contribution in [0.25, 0.3) is 10.9 Å². The van der Waals surface area contributed by atoms with Gasteiger partial charge in [-0.1, -0.05) is 11.6 Å². The molecule has 140 valence electrons. The molecule has 0 spiro atoms. The van der Waals surface area contributed by atoms with Crippen LogP contribution in [0.3, 0.4) is 0 Å². The number of benzene rings is 1. The number of hydrogen-bond acceptors (Lipinski definition) is 4. The Kier molecular flexibility index (Phi) is 5.28. The first-order valence-corrected chi connectivity index (χ1v) is 9.43. The van der Waals surface area contributed by atoms with Gasteiger partial charge in [0.2, 0.25) is 0 Å². The Bertz CT molecular complexity index is 824. The lowest BCUT2D eigenvalue weighted by atomic mass is 9.69. The summed E-state index contributed by atoms with van der Waals surface area (Å²) >= 11 is 6.14. The normalized spacial score (nSPS) is 17.0. The van der Waals surface area contributed by atoms with E-state index < -0.39 is 17.4 Å². The zero-order valence-corrected chi connectivity index (χ0v) is 16.1. The van der Waals surface area contributed by atoms with Crippen molar-refractivity contribution in [1.29, 1.82) is 0 Å². The zero-order valence-electron chi connectivity index (χ0n) is 15.4. The first-order chi connectivity index (χ1) is 12.4. The molecule has 1 aliphatic rings. The van der Waals surface area contributed by atoms with E-state index in [-0.39, 0.29) is 19.1 Å². The maximum Gasteiger partial charge on any atom is 0.323 e.